The van der Waals surface area contributed by atoms with Gasteiger partial charge in [-0.1, -0.05) is 5.21 Å². The van der Waals surface area contributed by atoms with Gasteiger partial charge in [-0.3, -0.25) is 4.79 Å². The Morgan fingerprint density at radius 1 is 1.39 bits per heavy atom. The Morgan fingerprint density at radius 2 is 2.17 bits per heavy atom. The third-order valence-electron chi connectivity index (χ3n) is 4.37. The Balaban J connectivity index is 1.72. The van der Waals surface area contributed by atoms with Crippen LogP contribution in [-0.2, 0) is 11.3 Å². The minimum absolute atomic E-state index is 0.226. The summed E-state index contributed by atoms with van der Waals surface area (Å²) in [6, 6.07) is 8.17. The van der Waals surface area contributed by atoms with Gasteiger partial charge in [0.2, 0.25) is 0 Å². The highest BCUT2D eigenvalue weighted by molar-refractivity contribution is 5.79. The SMILES string of the molecule is N#CCCCn1nnc2cc(N3CCC(C(=O)O)CC3)ccc21. The summed E-state index contributed by atoms with van der Waals surface area (Å²) in [6.07, 6.45) is 2.62. The van der Waals surface area contributed by atoms with Crippen molar-refractivity contribution in [3.63, 3.8) is 0 Å². The maximum absolute atomic E-state index is 11.0. The molecule has 3 rings (SSSR count). The molecule has 1 aromatic heterocycles. The van der Waals surface area contributed by atoms with E-state index in [4.69, 9.17) is 10.4 Å². The number of unbranched alkanes of at least 4 members (excludes halogenated alkanes) is 1. The molecule has 0 saturated carbocycles. The van der Waals surface area contributed by atoms with Crippen LogP contribution in [0.1, 0.15) is 25.7 Å². The Labute approximate surface area is 134 Å². The number of hydrogen-bond acceptors (Lipinski definition) is 5. The number of benzene rings is 1. The highest BCUT2D eigenvalue weighted by atomic mass is 16.4. The summed E-state index contributed by atoms with van der Waals surface area (Å²) < 4.78 is 1.83. The van der Waals surface area contributed by atoms with Gasteiger partial charge in [0.05, 0.1) is 17.5 Å². The van der Waals surface area contributed by atoms with Gasteiger partial charge in [0.25, 0.3) is 0 Å². The van der Waals surface area contributed by atoms with Crippen LogP contribution in [0.15, 0.2) is 18.2 Å². The highest BCUT2D eigenvalue weighted by Gasteiger charge is 2.24. The lowest BCUT2D eigenvalue weighted by atomic mass is 9.97. The van der Waals surface area contributed by atoms with E-state index in [1.807, 2.05) is 22.9 Å². The molecule has 2 heterocycles. The molecule has 0 amide bonds. The lowest BCUT2D eigenvalue weighted by Gasteiger charge is -2.31. The molecule has 1 fully saturated rings. The average Bonchev–Trinajstić information content (AvgIpc) is 2.97. The molecule has 1 aliphatic heterocycles. The summed E-state index contributed by atoms with van der Waals surface area (Å²) in [6.45, 7) is 2.19. The minimum atomic E-state index is -0.694. The van der Waals surface area contributed by atoms with Crippen LogP contribution in [0.2, 0.25) is 0 Å². The summed E-state index contributed by atoms with van der Waals surface area (Å²) in [7, 11) is 0. The number of aromatic nitrogens is 3. The predicted molar refractivity (Wildman–Crippen MR) is 84.9 cm³/mol. The largest absolute Gasteiger partial charge is 0.481 e. The van der Waals surface area contributed by atoms with E-state index in [1.165, 1.54) is 0 Å². The second kappa shape index (κ2) is 6.65. The number of anilines is 1. The second-order valence-electron chi connectivity index (χ2n) is 5.85. The van der Waals surface area contributed by atoms with Gasteiger partial charge in [-0.2, -0.15) is 5.26 Å². The van der Waals surface area contributed by atoms with Crippen molar-refractivity contribution < 1.29 is 9.90 Å². The number of rotatable bonds is 5. The third kappa shape index (κ3) is 3.26. The average molecular weight is 313 g/mol. The first-order chi connectivity index (χ1) is 11.2. The van der Waals surface area contributed by atoms with E-state index in [-0.39, 0.29) is 5.92 Å². The van der Waals surface area contributed by atoms with Gasteiger partial charge in [-0.25, -0.2) is 4.68 Å². The number of aliphatic carboxylic acids is 1. The minimum Gasteiger partial charge on any atom is -0.481 e. The number of fused-ring (bicyclic) bond motifs is 1. The molecule has 1 N–H and O–H groups in total. The van der Waals surface area contributed by atoms with E-state index in [0.717, 1.165) is 36.2 Å². The number of hydrogen-bond donors (Lipinski definition) is 1. The van der Waals surface area contributed by atoms with Crippen molar-refractivity contribution in [2.45, 2.75) is 32.2 Å². The van der Waals surface area contributed by atoms with Crippen molar-refractivity contribution in [3.8, 4) is 6.07 Å². The zero-order chi connectivity index (χ0) is 16.2. The van der Waals surface area contributed by atoms with E-state index in [2.05, 4.69) is 21.3 Å². The Bertz CT molecular complexity index is 740. The molecule has 7 nitrogen and oxygen atoms in total. The third-order valence-corrected chi connectivity index (χ3v) is 4.37. The van der Waals surface area contributed by atoms with Gasteiger partial charge in [-0.05, 0) is 37.5 Å². The fraction of sp³-hybridized carbons (Fsp3) is 0.500. The predicted octanol–water partition coefficient (Wildman–Crippen LogP) is 2.04. The van der Waals surface area contributed by atoms with Crippen molar-refractivity contribution in [2.24, 2.45) is 5.92 Å². The smallest absolute Gasteiger partial charge is 0.306 e. The van der Waals surface area contributed by atoms with E-state index >= 15 is 0 Å². The number of carboxylic acid groups (broad SMARTS) is 1. The summed E-state index contributed by atoms with van der Waals surface area (Å²) in [5, 5.41) is 26.0. The molecular weight excluding hydrogens is 294 g/mol. The number of carboxylic acids is 1. The maximum atomic E-state index is 11.0. The van der Waals surface area contributed by atoms with Crippen molar-refractivity contribution in [1.82, 2.24) is 15.0 Å². The van der Waals surface area contributed by atoms with Crippen LogP contribution in [0.25, 0.3) is 11.0 Å². The normalized spacial score (nSPS) is 15.7. The topological polar surface area (TPSA) is 95.0 Å². The van der Waals surface area contributed by atoms with Crippen LogP contribution in [0.5, 0.6) is 0 Å². The van der Waals surface area contributed by atoms with Crippen molar-refractivity contribution in [2.75, 3.05) is 18.0 Å². The zero-order valence-electron chi connectivity index (χ0n) is 12.9. The number of nitrogens with zero attached hydrogens (tertiary/aromatic N) is 5. The van der Waals surface area contributed by atoms with E-state index in [0.29, 0.717) is 25.8 Å². The fourth-order valence-corrected chi connectivity index (χ4v) is 3.01. The molecule has 23 heavy (non-hydrogen) atoms. The van der Waals surface area contributed by atoms with Crippen LogP contribution < -0.4 is 4.90 Å². The highest BCUT2D eigenvalue weighted by Crippen LogP contribution is 2.26. The van der Waals surface area contributed by atoms with Crippen molar-refractivity contribution >= 4 is 22.7 Å². The van der Waals surface area contributed by atoms with Gasteiger partial charge in [0.1, 0.15) is 5.52 Å². The first-order valence-electron chi connectivity index (χ1n) is 7.87. The Morgan fingerprint density at radius 3 is 2.87 bits per heavy atom. The molecule has 1 aromatic carbocycles. The number of aryl methyl sites for hydroxylation is 1. The molecular formula is C16H19N5O2. The van der Waals surface area contributed by atoms with Crippen molar-refractivity contribution in [3.05, 3.63) is 18.2 Å². The lowest BCUT2D eigenvalue weighted by molar-refractivity contribution is -0.142. The summed E-state index contributed by atoms with van der Waals surface area (Å²) in [5.74, 6) is -0.920. The molecule has 0 radical (unpaired) electrons. The number of piperidine rings is 1. The first-order valence-corrected chi connectivity index (χ1v) is 7.87. The molecule has 120 valence electrons. The number of carbonyl (C=O) groups is 1. The van der Waals surface area contributed by atoms with Gasteiger partial charge in [0.15, 0.2) is 0 Å². The van der Waals surface area contributed by atoms with Crippen LogP contribution in [0.4, 0.5) is 5.69 Å². The molecule has 0 unspecified atom stereocenters. The summed E-state index contributed by atoms with van der Waals surface area (Å²) in [5.41, 5.74) is 2.86. The Hall–Kier alpha value is -2.62. The van der Waals surface area contributed by atoms with Crippen LogP contribution in [0.3, 0.4) is 0 Å². The molecule has 2 aromatic rings. The van der Waals surface area contributed by atoms with Gasteiger partial charge >= 0.3 is 5.97 Å². The molecule has 0 aliphatic carbocycles. The van der Waals surface area contributed by atoms with Gasteiger partial charge in [0, 0.05) is 31.7 Å². The second-order valence-corrected chi connectivity index (χ2v) is 5.85. The van der Waals surface area contributed by atoms with E-state index in [9.17, 15) is 4.79 Å². The molecule has 0 spiro atoms. The van der Waals surface area contributed by atoms with Crippen molar-refractivity contribution in [1.29, 1.82) is 5.26 Å². The molecule has 0 bridgehead atoms. The van der Waals surface area contributed by atoms with Crippen LogP contribution >= 0.6 is 0 Å². The van der Waals surface area contributed by atoms with Gasteiger partial charge in [-0.15, -0.1) is 5.10 Å². The monoisotopic (exact) mass is 313 g/mol. The maximum Gasteiger partial charge on any atom is 0.306 e. The first kappa shape index (κ1) is 15.3. The zero-order valence-corrected chi connectivity index (χ0v) is 12.9. The summed E-state index contributed by atoms with van der Waals surface area (Å²) in [4.78, 5) is 13.2. The quantitative estimate of drug-likeness (QED) is 0.849. The molecule has 1 aliphatic rings. The molecule has 0 atom stereocenters. The Kier molecular flexibility index (Phi) is 4.42. The fourth-order valence-electron chi connectivity index (χ4n) is 3.01. The standard InChI is InChI=1S/C16H19N5O2/c17-7-1-2-8-21-15-4-3-13(11-14(15)18-19-21)20-9-5-12(6-10-20)16(22)23/h3-4,11-12H,1-2,5-6,8-10H2,(H,22,23). The van der Waals surface area contributed by atoms with Gasteiger partial charge < -0.3 is 10.0 Å². The summed E-state index contributed by atoms with van der Waals surface area (Å²) >= 11 is 0. The van der Waals surface area contributed by atoms with Crippen LogP contribution in [0, 0.1) is 17.2 Å². The molecule has 1 saturated heterocycles. The van der Waals surface area contributed by atoms with Crippen LogP contribution in [-0.4, -0.2) is 39.2 Å². The molecule has 7 heteroatoms. The van der Waals surface area contributed by atoms with E-state index < -0.39 is 5.97 Å². The van der Waals surface area contributed by atoms with E-state index in [1.54, 1.807) is 0 Å². The number of nitriles is 1. The lowest BCUT2D eigenvalue weighted by Crippen LogP contribution is -2.36.